The molecule has 0 radical (unpaired) electrons. The lowest BCUT2D eigenvalue weighted by atomic mass is 10.1. The smallest absolute Gasteiger partial charge is 0.0734 e. The molecule has 0 bridgehead atoms. The molecule has 0 aliphatic carbocycles. The quantitative estimate of drug-likeness (QED) is 0.852. The van der Waals surface area contributed by atoms with Crippen LogP contribution in [-0.2, 0) is 17.9 Å². The first-order valence-corrected chi connectivity index (χ1v) is 7.34. The zero-order valence-corrected chi connectivity index (χ0v) is 12.1. The highest BCUT2D eigenvalue weighted by Crippen LogP contribution is 2.31. The topological polar surface area (TPSA) is 21.3 Å². The van der Waals surface area contributed by atoms with Gasteiger partial charge in [0.15, 0.2) is 0 Å². The van der Waals surface area contributed by atoms with Crippen molar-refractivity contribution < 1.29 is 4.74 Å². The highest BCUT2D eigenvalue weighted by molar-refractivity contribution is 7.19. The largest absolute Gasteiger partial charge is 0.377 e. The van der Waals surface area contributed by atoms with E-state index in [0.29, 0.717) is 6.04 Å². The number of rotatable bonds is 6. The van der Waals surface area contributed by atoms with Crippen molar-refractivity contribution in [3.63, 3.8) is 0 Å². The van der Waals surface area contributed by atoms with E-state index in [1.165, 1.54) is 20.5 Å². The number of fused-ring (bicyclic) bond motifs is 1. The van der Waals surface area contributed by atoms with E-state index in [4.69, 9.17) is 4.74 Å². The van der Waals surface area contributed by atoms with Crippen molar-refractivity contribution in [2.75, 3.05) is 6.61 Å². The van der Waals surface area contributed by atoms with Gasteiger partial charge in [-0.05, 0) is 18.4 Å². The molecule has 1 N–H and O–H groups in total. The summed E-state index contributed by atoms with van der Waals surface area (Å²) in [6.07, 6.45) is 0. The van der Waals surface area contributed by atoms with Crippen LogP contribution in [0, 0.1) is 0 Å². The summed E-state index contributed by atoms with van der Waals surface area (Å²) in [5.41, 5.74) is 1.35. The van der Waals surface area contributed by atoms with Gasteiger partial charge in [-0.15, -0.1) is 11.3 Å². The van der Waals surface area contributed by atoms with Gasteiger partial charge in [-0.25, -0.2) is 0 Å². The van der Waals surface area contributed by atoms with Crippen molar-refractivity contribution >= 4 is 21.4 Å². The molecule has 0 aliphatic rings. The molecule has 1 aromatic carbocycles. The Morgan fingerprint density at radius 1 is 1.28 bits per heavy atom. The van der Waals surface area contributed by atoms with Crippen LogP contribution < -0.4 is 5.32 Å². The normalized spacial score (nSPS) is 11.6. The van der Waals surface area contributed by atoms with Gasteiger partial charge >= 0.3 is 0 Å². The summed E-state index contributed by atoms with van der Waals surface area (Å²) in [5.74, 6) is 0. The lowest BCUT2D eigenvalue weighted by Gasteiger charge is -2.09. The maximum absolute atomic E-state index is 5.61. The van der Waals surface area contributed by atoms with Gasteiger partial charge in [-0.3, -0.25) is 0 Å². The molecule has 0 amide bonds. The van der Waals surface area contributed by atoms with Gasteiger partial charge in [0.2, 0.25) is 0 Å². The van der Waals surface area contributed by atoms with Gasteiger partial charge in [-0.2, -0.15) is 0 Å². The van der Waals surface area contributed by atoms with E-state index in [1.54, 1.807) is 0 Å². The lowest BCUT2D eigenvalue weighted by molar-refractivity contribution is 0.134. The van der Waals surface area contributed by atoms with Crippen LogP contribution in [-0.4, -0.2) is 12.6 Å². The average molecular weight is 263 g/mol. The number of benzene rings is 1. The second-order valence-corrected chi connectivity index (χ2v) is 5.81. The third-order valence-corrected chi connectivity index (χ3v) is 4.12. The Morgan fingerprint density at radius 2 is 2.06 bits per heavy atom. The Kier molecular flexibility index (Phi) is 4.75. The molecule has 0 fully saturated rings. The molecule has 2 aromatic rings. The maximum atomic E-state index is 5.61. The van der Waals surface area contributed by atoms with Crippen LogP contribution in [0.4, 0.5) is 0 Å². The fourth-order valence-electron chi connectivity index (χ4n) is 1.95. The molecule has 2 nitrogen and oxygen atoms in total. The van der Waals surface area contributed by atoms with Crippen molar-refractivity contribution in [3.8, 4) is 0 Å². The number of ether oxygens (including phenoxy) is 1. The Morgan fingerprint density at radius 3 is 2.78 bits per heavy atom. The Bertz CT molecular complexity index is 504. The van der Waals surface area contributed by atoms with Crippen LogP contribution in [0.15, 0.2) is 24.3 Å². The van der Waals surface area contributed by atoms with Crippen molar-refractivity contribution in [2.24, 2.45) is 0 Å². The fraction of sp³-hybridized carbons (Fsp3) is 0.467. The predicted octanol–water partition coefficient (Wildman–Crippen LogP) is 3.94. The van der Waals surface area contributed by atoms with E-state index in [-0.39, 0.29) is 0 Å². The standard InChI is InChI=1S/C15H21NOS/c1-4-17-10-13-12-7-5-6-8-14(12)18-15(13)9-16-11(2)3/h5-8,11,16H,4,9-10H2,1-3H3. The second kappa shape index (κ2) is 6.32. The number of hydrogen-bond acceptors (Lipinski definition) is 3. The third kappa shape index (κ3) is 3.10. The molecule has 0 atom stereocenters. The molecule has 0 saturated carbocycles. The molecule has 3 heteroatoms. The summed E-state index contributed by atoms with van der Waals surface area (Å²) in [4.78, 5) is 1.40. The van der Waals surface area contributed by atoms with E-state index in [9.17, 15) is 0 Å². The number of hydrogen-bond donors (Lipinski definition) is 1. The van der Waals surface area contributed by atoms with Crippen molar-refractivity contribution in [1.29, 1.82) is 0 Å². The van der Waals surface area contributed by atoms with Gasteiger partial charge in [-0.1, -0.05) is 32.0 Å². The minimum absolute atomic E-state index is 0.509. The first-order valence-electron chi connectivity index (χ1n) is 6.52. The van der Waals surface area contributed by atoms with E-state index in [2.05, 4.69) is 43.4 Å². The van der Waals surface area contributed by atoms with Crippen LogP contribution in [0.5, 0.6) is 0 Å². The third-order valence-electron chi connectivity index (χ3n) is 2.90. The lowest BCUT2D eigenvalue weighted by Crippen LogP contribution is -2.21. The second-order valence-electron chi connectivity index (χ2n) is 4.67. The van der Waals surface area contributed by atoms with E-state index >= 15 is 0 Å². The highest BCUT2D eigenvalue weighted by Gasteiger charge is 2.11. The Hall–Kier alpha value is -0.900. The molecule has 0 spiro atoms. The minimum Gasteiger partial charge on any atom is -0.377 e. The molecule has 1 aromatic heterocycles. The van der Waals surface area contributed by atoms with Crippen LogP contribution in [0.2, 0.25) is 0 Å². The van der Waals surface area contributed by atoms with Gasteiger partial charge in [0, 0.05) is 34.3 Å². The molecule has 0 saturated heterocycles. The van der Waals surface area contributed by atoms with Crippen molar-refractivity contribution in [2.45, 2.75) is 40.0 Å². The Labute approximate surface area is 113 Å². The van der Waals surface area contributed by atoms with E-state index < -0.39 is 0 Å². The molecule has 0 aliphatic heterocycles. The summed E-state index contributed by atoms with van der Waals surface area (Å²) in [5, 5.41) is 4.84. The first-order chi connectivity index (χ1) is 8.72. The summed E-state index contributed by atoms with van der Waals surface area (Å²) in [6, 6.07) is 9.09. The SMILES string of the molecule is CCOCc1c(CNC(C)C)sc2ccccc12. The average Bonchev–Trinajstić information content (AvgIpc) is 2.71. The first kappa shape index (κ1) is 13.5. The van der Waals surface area contributed by atoms with Crippen LogP contribution in [0.3, 0.4) is 0 Å². The van der Waals surface area contributed by atoms with E-state index in [1.807, 2.05) is 18.3 Å². The molecule has 1 heterocycles. The minimum atomic E-state index is 0.509. The molecule has 18 heavy (non-hydrogen) atoms. The number of thiophene rings is 1. The molecule has 2 rings (SSSR count). The molecular formula is C15H21NOS. The summed E-state index contributed by atoms with van der Waals surface area (Å²) >= 11 is 1.87. The van der Waals surface area contributed by atoms with Gasteiger partial charge in [0.05, 0.1) is 6.61 Å². The van der Waals surface area contributed by atoms with Crippen molar-refractivity contribution in [1.82, 2.24) is 5.32 Å². The molecule has 0 unspecified atom stereocenters. The van der Waals surface area contributed by atoms with Gasteiger partial charge in [0.25, 0.3) is 0 Å². The predicted molar refractivity (Wildman–Crippen MR) is 79.1 cm³/mol. The van der Waals surface area contributed by atoms with Crippen molar-refractivity contribution in [3.05, 3.63) is 34.7 Å². The van der Waals surface area contributed by atoms with Crippen LogP contribution >= 0.6 is 11.3 Å². The maximum Gasteiger partial charge on any atom is 0.0734 e. The highest BCUT2D eigenvalue weighted by atomic mass is 32.1. The molecule has 98 valence electrons. The van der Waals surface area contributed by atoms with Gasteiger partial charge in [0.1, 0.15) is 0 Å². The van der Waals surface area contributed by atoms with Crippen LogP contribution in [0.1, 0.15) is 31.2 Å². The summed E-state index contributed by atoms with van der Waals surface area (Å²) < 4.78 is 6.97. The monoisotopic (exact) mass is 263 g/mol. The fourth-order valence-corrected chi connectivity index (χ4v) is 3.11. The van der Waals surface area contributed by atoms with Crippen LogP contribution in [0.25, 0.3) is 10.1 Å². The zero-order valence-electron chi connectivity index (χ0n) is 11.3. The molecular weight excluding hydrogens is 242 g/mol. The Balaban J connectivity index is 2.30. The van der Waals surface area contributed by atoms with Gasteiger partial charge < -0.3 is 10.1 Å². The number of nitrogens with one attached hydrogen (secondary N) is 1. The van der Waals surface area contributed by atoms with E-state index in [0.717, 1.165) is 19.8 Å². The zero-order chi connectivity index (χ0) is 13.0. The summed E-state index contributed by atoms with van der Waals surface area (Å²) in [7, 11) is 0. The summed E-state index contributed by atoms with van der Waals surface area (Å²) in [6.45, 7) is 8.81.